The highest BCUT2D eigenvalue weighted by Crippen LogP contribution is 2.47. The van der Waals surface area contributed by atoms with Gasteiger partial charge in [-0.25, -0.2) is 23.2 Å². The number of benzene rings is 2. The molecule has 1 unspecified atom stereocenters. The first-order valence-corrected chi connectivity index (χ1v) is 18.7. The second-order valence-electron chi connectivity index (χ2n) is 12.6. The number of hydrogen-bond donors (Lipinski definition) is 1. The number of rotatable bonds is 7. The van der Waals surface area contributed by atoms with Crippen molar-refractivity contribution in [1.82, 2.24) is 9.97 Å². The maximum atomic E-state index is 13.3. The number of carbonyl (C=O) groups excluding carboxylic acids is 1. The van der Waals surface area contributed by atoms with E-state index in [1.165, 1.54) is 0 Å². The highest BCUT2D eigenvalue weighted by Gasteiger charge is 2.48. The molecule has 46 heavy (non-hydrogen) atoms. The number of aromatic nitrogens is 2. The summed E-state index contributed by atoms with van der Waals surface area (Å²) < 4.78 is 49.4. The number of nitrogens with one attached hydrogen (secondary N) is 1. The minimum absolute atomic E-state index is 0.0865. The van der Waals surface area contributed by atoms with Crippen molar-refractivity contribution in [3.05, 3.63) is 69.0 Å². The van der Waals surface area contributed by atoms with Gasteiger partial charge in [0.15, 0.2) is 11.5 Å². The van der Waals surface area contributed by atoms with Gasteiger partial charge in [0.05, 0.1) is 34.3 Å². The first-order chi connectivity index (χ1) is 21.5. The molecule has 1 saturated heterocycles. The van der Waals surface area contributed by atoms with Crippen LogP contribution in [0.2, 0.25) is 10.0 Å². The van der Waals surface area contributed by atoms with E-state index in [-0.39, 0.29) is 12.3 Å². The lowest BCUT2D eigenvalue weighted by Gasteiger charge is -2.40. The zero-order valence-corrected chi connectivity index (χ0v) is 29.8. The van der Waals surface area contributed by atoms with Crippen molar-refractivity contribution in [3.63, 3.8) is 0 Å². The van der Waals surface area contributed by atoms with Crippen molar-refractivity contribution in [1.29, 1.82) is 0 Å². The Balaban J connectivity index is 1.52. The summed E-state index contributed by atoms with van der Waals surface area (Å²) in [6, 6.07) is 10.6. The predicted molar refractivity (Wildman–Crippen MR) is 185 cm³/mol. The fraction of sp³-hybridized carbons (Fsp3) is 0.438. The monoisotopic (exact) mass is 705 g/mol. The van der Waals surface area contributed by atoms with E-state index in [0.717, 1.165) is 23.1 Å². The lowest BCUT2D eigenvalue weighted by molar-refractivity contribution is 0.0519. The third-order valence-electron chi connectivity index (χ3n) is 8.14. The number of anilines is 2. The van der Waals surface area contributed by atoms with Crippen LogP contribution >= 0.6 is 23.2 Å². The van der Waals surface area contributed by atoms with E-state index < -0.39 is 37.5 Å². The molecule has 1 spiro atoms. The summed E-state index contributed by atoms with van der Waals surface area (Å²) in [5.74, 6) is -0.175. The molecule has 1 N–H and O–H groups in total. The summed E-state index contributed by atoms with van der Waals surface area (Å²) in [6.07, 6.45) is 2.97. The summed E-state index contributed by atoms with van der Waals surface area (Å²) in [6.45, 7) is 10.4. The smallest absolute Gasteiger partial charge is 0.360 e. The van der Waals surface area contributed by atoms with E-state index in [1.54, 1.807) is 31.2 Å². The van der Waals surface area contributed by atoms with Crippen LogP contribution in [-0.2, 0) is 32.5 Å². The summed E-state index contributed by atoms with van der Waals surface area (Å²) in [7, 11) is -3.46. The molecular formula is C32H37Cl2N5O5S2. The Morgan fingerprint density at radius 2 is 1.85 bits per heavy atom. The first-order valence-electron chi connectivity index (χ1n) is 14.9. The Morgan fingerprint density at radius 3 is 2.48 bits per heavy atom. The Morgan fingerprint density at radius 1 is 1.15 bits per heavy atom. The molecule has 2 aromatic carbocycles. The summed E-state index contributed by atoms with van der Waals surface area (Å²) in [5.41, 5.74) is 4.28. The number of ether oxygens (including phenoxy) is 1. The molecule has 10 nitrogen and oxygen atoms in total. The molecule has 0 bridgehead atoms. The van der Waals surface area contributed by atoms with Gasteiger partial charge in [0.25, 0.3) is 0 Å². The van der Waals surface area contributed by atoms with Gasteiger partial charge in [-0.1, -0.05) is 45.8 Å². The van der Waals surface area contributed by atoms with Crippen LogP contribution in [0.5, 0.6) is 0 Å². The molecule has 1 atom stereocenters. The molecule has 0 saturated carbocycles. The number of piperidine rings is 1. The van der Waals surface area contributed by atoms with Gasteiger partial charge in [-0.05, 0) is 77.6 Å². The molecule has 2 aliphatic rings. The number of carbonyl (C=O) groups is 1. The molecular weight excluding hydrogens is 669 g/mol. The molecule has 246 valence electrons. The number of nitrogens with zero attached hydrogens (tertiary/aromatic N) is 4. The topological polar surface area (TPSA) is 137 Å². The van der Waals surface area contributed by atoms with Crippen molar-refractivity contribution >= 4 is 67.8 Å². The maximum Gasteiger partial charge on any atom is 0.360 e. The first kappa shape index (κ1) is 34.4. The van der Waals surface area contributed by atoms with Gasteiger partial charge < -0.3 is 14.2 Å². The van der Waals surface area contributed by atoms with Crippen LogP contribution in [0.25, 0.3) is 11.3 Å². The van der Waals surface area contributed by atoms with Crippen LogP contribution in [0, 0.1) is 12.3 Å². The highest BCUT2D eigenvalue weighted by molar-refractivity contribution is 7.92. The van der Waals surface area contributed by atoms with E-state index in [2.05, 4.69) is 4.72 Å². The largest absolute Gasteiger partial charge is 0.591 e. The number of aryl methyl sites for hydroxylation is 1. The van der Waals surface area contributed by atoms with Gasteiger partial charge in [0.2, 0.25) is 10.0 Å². The van der Waals surface area contributed by atoms with Crippen LogP contribution < -0.4 is 9.62 Å². The summed E-state index contributed by atoms with van der Waals surface area (Å²) in [4.78, 5) is 24.9. The summed E-state index contributed by atoms with van der Waals surface area (Å²) in [5, 5.41) is 0.685. The average Bonchev–Trinajstić information content (AvgIpc) is 3.25. The van der Waals surface area contributed by atoms with Crippen molar-refractivity contribution in [2.24, 2.45) is 9.81 Å². The van der Waals surface area contributed by atoms with Gasteiger partial charge in [-0.3, -0.25) is 4.72 Å². The Hall–Kier alpha value is -2.90. The molecule has 1 aliphatic carbocycles. The molecule has 2 heterocycles. The highest BCUT2D eigenvalue weighted by atomic mass is 35.5. The molecule has 14 heteroatoms. The van der Waals surface area contributed by atoms with E-state index in [9.17, 15) is 17.8 Å². The van der Waals surface area contributed by atoms with Gasteiger partial charge >= 0.3 is 5.97 Å². The third-order valence-corrected chi connectivity index (χ3v) is 11.0. The number of esters is 1. The van der Waals surface area contributed by atoms with Gasteiger partial charge in [-0.15, -0.1) is 0 Å². The lowest BCUT2D eigenvalue weighted by Crippen LogP contribution is -2.45. The molecule has 1 fully saturated rings. The molecule has 1 aromatic heterocycles. The number of hydrogen-bond acceptors (Lipinski definition) is 9. The van der Waals surface area contributed by atoms with Crippen LogP contribution in [0.3, 0.4) is 0 Å². The minimum Gasteiger partial charge on any atom is -0.591 e. The number of fused-ring (bicyclic) bond motifs is 1. The Labute approximate surface area is 283 Å². The van der Waals surface area contributed by atoms with E-state index in [1.807, 2.05) is 44.7 Å². The van der Waals surface area contributed by atoms with Crippen LogP contribution in [0.15, 0.2) is 40.8 Å². The third kappa shape index (κ3) is 7.01. The van der Waals surface area contributed by atoms with Crippen molar-refractivity contribution in [2.45, 2.75) is 58.6 Å². The predicted octanol–water partition coefficient (Wildman–Crippen LogP) is 6.40. The van der Waals surface area contributed by atoms with E-state index in [4.69, 9.17) is 42.3 Å². The fourth-order valence-corrected chi connectivity index (χ4v) is 7.59. The Bertz CT molecular complexity index is 1820. The lowest BCUT2D eigenvalue weighted by atomic mass is 9.74. The van der Waals surface area contributed by atoms with Gasteiger partial charge in [0.1, 0.15) is 21.8 Å². The van der Waals surface area contributed by atoms with E-state index in [0.29, 0.717) is 70.9 Å². The van der Waals surface area contributed by atoms with Crippen LogP contribution in [0.1, 0.15) is 67.8 Å². The average molecular weight is 707 g/mol. The standard InChI is InChI=1S/C32H37Cl2N5O5S2/c1-7-44-30(40)27-29(35-19(2)26(36-27)23-9-8-10-24(33)25(23)34)39-15-13-32(14-16-39)18-20-17-21(38-46(6,42)43)11-12-22(20)28(32)37-45(41)31(3,4)5/h8-12,17,38H,7,13-16,18H2,1-6H3/b37-28+. The second kappa shape index (κ2) is 13.0. The van der Waals surface area contributed by atoms with Crippen molar-refractivity contribution < 1.29 is 22.5 Å². The van der Waals surface area contributed by atoms with E-state index >= 15 is 0 Å². The SMILES string of the molecule is CCOC(=O)c1nc(-c2cccc(Cl)c2Cl)c(C)nc1N1CCC2(CC1)Cc1cc(NS(C)(=O)=O)ccc1/C2=N\[S+]([O-])C(C)(C)C. The van der Waals surface area contributed by atoms with Gasteiger partial charge in [0, 0.05) is 35.3 Å². The van der Waals surface area contributed by atoms with Crippen molar-refractivity contribution in [3.8, 4) is 11.3 Å². The minimum atomic E-state index is -3.46. The zero-order chi connectivity index (χ0) is 33.6. The maximum absolute atomic E-state index is 13.3. The zero-order valence-electron chi connectivity index (χ0n) is 26.6. The Kier molecular flexibility index (Phi) is 9.70. The number of halogens is 2. The van der Waals surface area contributed by atoms with Crippen LogP contribution in [0.4, 0.5) is 11.5 Å². The molecule has 5 rings (SSSR count). The van der Waals surface area contributed by atoms with Crippen molar-refractivity contribution in [2.75, 3.05) is 35.6 Å². The molecule has 0 radical (unpaired) electrons. The van der Waals surface area contributed by atoms with Gasteiger partial charge in [-0.2, -0.15) is 0 Å². The molecule has 1 aliphatic heterocycles. The summed E-state index contributed by atoms with van der Waals surface area (Å²) >= 11 is 11.3. The normalized spacial score (nSPS) is 17.7. The quantitative estimate of drug-likeness (QED) is 0.220. The second-order valence-corrected chi connectivity index (χ2v) is 17.1. The van der Waals surface area contributed by atoms with Crippen LogP contribution in [-0.4, -0.2) is 65.3 Å². The fourth-order valence-electron chi connectivity index (χ4n) is 5.91. The number of sulfonamides is 1. The molecule has 0 amide bonds. The molecule has 3 aromatic rings.